The van der Waals surface area contributed by atoms with Crippen LogP contribution >= 0.6 is 11.3 Å². The van der Waals surface area contributed by atoms with Gasteiger partial charge in [-0.3, -0.25) is 4.79 Å². The lowest BCUT2D eigenvalue weighted by Crippen LogP contribution is -2.27. The summed E-state index contributed by atoms with van der Waals surface area (Å²) in [6, 6.07) is 5.95. The predicted octanol–water partition coefficient (Wildman–Crippen LogP) is 3.04. The molecule has 0 aliphatic heterocycles. The van der Waals surface area contributed by atoms with Crippen molar-refractivity contribution in [2.24, 2.45) is 0 Å². The quantitative estimate of drug-likeness (QED) is 0.816. The highest BCUT2D eigenvalue weighted by Crippen LogP contribution is 2.23. The minimum atomic E-state index is -0.0695. The van der Waals surface area contributed by atoms with Gasteiger partial charge in [-0.2, -0.15) is 0 Å². The number of hydrogen-bond donors (Lipinski definition) is 0. The van der Waals surface area contributed by atoms with E-state index in [4.69, 9.17) is 0 Å². The van der Waals surface area contributed by atoms with Gasteiger partial charge in [-0.05, 0) is 31.0 Å². The van der Waals surface area contributed by atoms with Crippen molar-refractivity contribution in [2.75, 3.05) is 11.9 Å². The zero-order valence-corrected chi connectivity index (χ0v) is 10.9. The summed E-state index contributed by atoms with van der Waals surface area (Å²) in [6.07, 6.45) is 0. The molecule has 1 aromatic carbocycles. The summed E-state index contributed by atoms with van der Waals surface area (Å²) in [4.78, 5) is 17.8. The summed E-state index contributed by atoms with van der Waals surface area (Å²) >= 11 is 1.43. The van der Waals surface area contributed by atoms with Gasteiger partial charge in [-0.25, -0.2) is 4.98 Å². The Morgan fingerprint density at radius 2 is 2.12 bits per heavy atom. The lowest BCUT2D eigenvalue weighted by Gasteiger charge is -2.19. The molecule has 2 aromatic rings. The summed E-state index contributed by atoms with van der Waals surface area (Å²) in [7, 11) is 1.78. The minimum Gasteiger partial charge on any atom is -0.310 e. The predicted molar refractivity (Wildman–Crippen MR) is 70.8 cm³/mol. The van der Waals surface area contributed by atoms with Gasteiger partial charge < -0.3 is 4.90 Å². The number of anilines is 1. The molecule has 1 aromatic heterocycles. The number of hydrogen-bond acceptors (Lipinski definition) is 3. The van der Waals surface area contributed by atoms with Gasteiger partial charge in [-0.15, -0.1) is 11.3 Å². The zero-order chi connectivity index (χ0) is 12.4. The van der Waals surface area contributed by atoms with Gasteiger partial charge in [0.15, 0.2) is 0 Å². The smallest absolute Gasteiger partial charge is 0.277 e. The fourth-order valence-electron chi connectivity index (χ4n) is 1.70. The Bertz CT molecular complexity index is 534. The van der Waals surface area contributed by atoms with E-state index in [0.29, 0.717) is 5.69 Å². The van der Waals surface area contributed by atoms with Crippen molar-refractivity contribution in [1.29, 1.82) is 0 Å². The van der Waals surface area contributed by atoms with E-state index < -0.39 is 0 Å². The average molecular weight is 246 g/mol. The number of aryl methyl sites for hydroxylation is 1. The third-order valence-electron chi connectivity index (χ3n) is 2.89. The summed E-state index contributed by atoms with van der Waals surface area (Å²) in [5.41, 5.74) is 5.41. The molecule has 0 aliphatic carbocycles. The molecule has 1 amide bonds. The van der Waals surface area contributed by atoms with E-state index in [1.165, 1.54) is 16.9 Å². The fraction of sp³-hybridized carbons (Fsp3) is 0.231. The van der Waals surface area contributed by atoms with Gasteiger partial charge in [0, 0.05) is 18.1 Å². The molecule has 2 rings (SSSR count). The molecule has 1 heterocycles. The van der Waals surface area contributed by atoms with Crippen molar-refractivity contribution in [2.45, 2.75) is 13.8 Å². The van der Waals surface area contributed by atoms with E-state index in [2.05, 4.69) is 4.98 Å². The second-order valence-electron chi connectivity index (χ2n) is 3.96. The second kappa shape index (κ2) is 4.67. The van der Waals surface area contributed by atoms with E-state index in [0.717, 1.165) is 11.3 Å². The van der Waals surface area contributed by atoms with Crippen LogP contribution in [0, 0.1) is 13.8 Å². The summed E-state index contributed by atoms with van der Waals surface area (Å²) in [5.74, 6) is -0.0695. The van der Waals surface area contributed by atoms with Crippen molar-refractivity contribution in [3.05, 3.63) is 45.9 Å². The highest BCUT2D eigenvalue weighted by molar-refractivity contribution is 7.07. The van der Waals surface area contributed by atoms with Gasteiger partial charge in [-0.1, -0.05) is 12.1 Å². The van der Waals surface area contributed by atoms with Crippen molar-refractivity contribution in [3.63, 3.8) is 0 Å². The van der Waals surface area contributed by atoms with Crippen molar-refractivity contribution in [3.8, 4) is 0 Å². The monoisotopic (exact) mass is 246 g/mol. The first-order valence-corrected chi connectivity index (χ1v) is 6.28. The largest absolute Gasteiger partial charge is 0.310 e. The third kappa shape index (κ3) is 2.22. The Labute approximate surface area is 105 Å². The highest BCUT2D eigenvalue weighted by atomic mass is 32.1. The molecule has 0 spiro atoms. The van der Waals surface area contributed by atoms with Gasteiger partial charge >= 0.3 is 0 Å². The number of carbonyl (C=O) groups excluding carboxylic acids is 1. The van der Waals surface area contributed by atoms with Crippen LogP contribution in [0.5, 0.6) is 0 Å². The third-order valence-corrected chi connectivity index (χ3v) is 3.48. The number of rotatable bonds is 2. The van der Waals surface area contributed by atoms with Crippen LogP contribution in [0.4, 0.5) is 5.69 Å². The second-order valence-corrected chi connectivity index (χ2v) is 4.68. The molecule has 88 valence electrons. The number of carbonyl (C=O) groups is 1. The van der Waals surface area contributed by atoms with Crippen LogP contribution in [0.1, 0.15) is 21.6 Å². The van der Waals surface area contributed by atoms with Crippen LogP contribution in [0.25, 0.3) is 0 Å². The van der Waals surface area contributed by atoms with E-state index in [1.54, 1.807) is 22.8 Å². The van der Waals surface area contributed by atoms with Gasteiger partial charge in [0.1, 0.15) is 5.69 Å². The lowest BCUT2D eigenvalue weighted by atomic mass is 10.1. The van der Waals surface area contributed by atoms with Crippen LogP contribution < -0.4 is 4.90 Å². The average Bonchev–Trinajstić information content (AvgIpc) is 2.84. The van der Waals surface area contributed by atoms with E-state index in [-0.39, 0.29) is 5.91 Å². The van der Waals surface area contributed by atoms with E-state index >= 15 is 0 Å². The first-order chi connectivity index (χ1) is 8.11. The van der Waals surface area contributed by atoms with Gasteiger partial charge in [0.2, 0.25) is 0 Å². The molecule has 0 saturated carbocycles. The maximum absolute atomic E-state index is 12.1. The number of benzene rings is 1. The van der Waals surface area contributed by atoms with Crippen molar-refractivity contribution in [1.82, 2.24) is 4.98 Å². The lowest BCUT2D eigenvalue weighted by molar-refractivity contribution is 0.0989. The maximum atomic E-state index is 12.1. The highest BCUT2D eigenvalue weighted by Gasteiger charge is 2.16. The van der Waals surface area contributed by atoms with Gasteiger partial charge in [0.25, 0.3) is 5.91 Å². The molecule has 0 radical (unpaired) electrons. The Balaban J connectivity index is 2.34. The molecule has 0 fully saturated rings. The Hall–Kier alpha value is -1.68. The van der Waals surface area contributed by atoms with Crippen LogP contribution in [0.15, 0.2) is 29.1 Å². The maximum Gasteiger partial charge on any atom is 0.277 e. The molecule has 0 aliphatic rings. The molecule has 0 bridgehead atoms. The first kappa shape index (κ1) is 11.8. The number of aromatic nitrogens is 1. The minimum absolute atomic E-state index is 0.0695. The summed E-state index contributed by atoms with van der Waals surface area (Å²) in [6.45, 7) is 4.06. The molecule has 3 nitrogen and oxygen atoms in total. The summed E-state index contributed by atoms with van der Waals surface area (Å²) < 4.78 is 0. The molecule has 17 heavy (non-hydrogen) atoms. The molecule has 4 heteroatoms. The molecular weight excluding hydrogens is 232 g/mol. The Kier molecular flexibility index (Phi) is 3.24. The summed E-state index contributed by atoms with van der Waals surface area (Å²) in [5, 5.41) is 1.77. The molecular formula is C13H14N2OS. The molecule has 0 atom stereocenters. The van der Waals surface area contributed by atoms with E-state index in [9.17, 15) is 4.79 Å². The van der Waals surface area contributed by atoms with Gasteiger partial charge in [0.05, 0.1) is 5.51 Å². The Morgan fingerprint density at radius 1 is 1.35 bits per heavy atom. The first-order valence-electron chi connectivity index (χ1n) is 5.33. The SMILES string of the molecule is Cc1cccc(N(C)C(=O)c2cscn2)c1C. The molecule has 0 unspecified atom stereocenters. The molecule has 0 saturated heterocycles. The topological polar surface area (TPSA) is 33.2 Å². The van der Waals surface area contributed by atoms with E-state index in [1.807, 2.05) is 32.0 Å². The molecule has 0 N–H and O–H groups in total. The van der Waals surface area contributed by atoms with Crippen LogP contribution in [-0.2, 0) is 0 Å². The van der Waals surface area contributed by atoms with Crippen LogP contribution in [-0.4, -0.2) is 17.9 Å². The number of amides is 1. The van der Waals surface area contributed by atoms with Crippen LogP contribution in [0.2, 0.25) is 0 Å². The van der Waals surface area contributed by atoms with Crippen molar-refractivity contribution < 1.29 is 4.79 Å². The normalized spacial score (nSPS) is 10.3. The number of nitrogens with zero attached hydrogens (tertiary/aromatic N) is 2. The Morgan fingerprint density at radius 3 is 2.76 bits per heavy atom. The standard InChI is InChI=1S/C13H14N2OS/c1-9-5-4-6-12(10(9)2)15(3)13(16)11-7-17-8-14-11/h4-8H,1-3H3. The fourth-order valence-corrected chi connectivity index (χ4v) is 2.22. The van der Waals surface area contributed by atoms with Crippen molar-refractivity contribution >= 4 is 22.9 Å². The zero-order valence-electron chi connectivity index (χ0n) is 10.1. The number of thiazole rings is 1. The van der Waals surface area contributed by atoms with Crippen LogP contribution in [0.3, 0.4) is 0 Å².